The first-order chi connectivity index (χ1) is 12.0. The van der Waals surface area contributed by atoms with E-state index in [0.29, 0.717) is 6.42 Å². The second-order valence-corrected chi connectivity index (χ2v) is 6.85. The molecule has 0 radical (unpaired) electrons. The van der Waals surface area contributed by atoms with Crippen molar-refractivity contribution in [1.82, 2.24) is 23.8 Å². The summed E-state index contributed by atoms with van der Waals surface area (Å²) in [5, 5.41) is 0. The van der Waals surface area contributed by atoms with Gasteiger partial charge < -0.3 is 13.9 Å². The van der Waals surface area contributed by atoms with Crippen molar-refractivity contribution in [1.29, 1.82) is 0 Å². The monoisotopic (exact) mass is 337 g/mol. The number of hydrogen-bond donors (Lipinski definition) is 0. The van der Waals surface area contributed by atoms with Crippen LogP contribution in [0.25, 0.3) is 5.65 Å². The third-order valence-corrected chi connectivity index (χ3v) is 5.05. The van der Waals surface area contributed by atoms with Crippen LogP contribution in [0.15, 0.2) is 30.6 Å². The number of fused-ring (bicyclic) bond motifs is 1. The molecule has 1 aliphatic rings. The highest BCUT2D eigenvalue weighted by Gasteiger charge is 2.33. The normalized spacial score (nSPS) is 17.6. The zero-order valence-corrected chi connectivity index (χ0v) is 14.9. The zero-order chi connectivity index (χ0) is 17.6. The molecule has 0 saturated carbocycles. The Morgan fingerprint density at radius 2 is 2.12 bits per heavy atom. The number of rotatable bonds is 3. The second-order valence-electron chi connectivity index (χ2n) is 6.85. The molecule has 0 N–H and O–H groups in total. The Labute approximate surface area is 147 Å². The molecule has 6 heteroatoms. The molecule has 6 nitrogen and oxygen atoms in total. The van der Waals surface area contributed by atoms with E-state index >= 15 is 0 Å². The van der Waals surface area contributed by atoms with Crippen LogP contribution in [0.3, 0.4) is 0 Å². The van der Waals surface area contributed by atoms with Crippen LogP contribution in [0, 0.1) is 13.8 Å². The molecule has 0 unspecified atom stereocenters. The average molecular weight is 337 g/mol. The molecule has 1 amide bonds. The van der Waals surface area contributed by atoms with Crippen molar-refractivity contribution in [3.05, 3.63) is 53.5 Å². The minimum atomic E-state index is 0.0747. The lowest BCUT2D eigenvalue weighted by Gasteiger charge is -2.24. The molecule has 25 heavy (non-hydrogen) atoms. The van der Waals surface area contributed by atoms with E-state index in [1.165, 1.54) is 0 Å². The van der Waals surface area contributed by atoms with Crippen LogP contribution in [-0.2, 0) is 18.3 Å². The Hall–Kier alpha value is -2.63. The van der Waals surface area contributed by atoms with E-state index < -0.39 is 0 Å². The molecule has 4 heterocycles. The molecule has 3 aromatic heterocycles. The van der Waals surface area contributed by atoms with Crippen LogP contribution in [-0.4, -0.2) is 36.3 Å². The molecular formula is C19H23N5O. The van der Waals surface area contributed by atoms with Gasteiger partial charge in [-0.15, -0.1) is 0 Å². The van der Waals surface area contributed by atoms with Crippen LogP contribution in [0.4, 0.5) is 0 Å². The number of aromatic nitrogens is 4. The largest absolute Gasteiger partial charge is 0.336 e. The first kappa shape index (κ1) is 15.9. The fourth-order valence-electron chi connectivity index (χ4n) is 3.90. The van der Waals surface area contributed by atoms with Gasteiger partial charge in [0.15, 0.2) is 0 Å². The fraction of sp³-hybridized carbons (Fsp3) is 0.421. The Morgan fingerprint density at radius 1 is 1.28 bits per heavy atom. The predicted octanol–water partition coefficient (Wildman–Crippen LogP) is 2.59. The number of imidazole rings is 2. The predicted molar refractivity (Wildman–Crippen MR) is 95.3 cm³/mol. The standard InChI is InChI=1S/C19H23N5O/c1-13-12-22(3)19(20-13)15-7-6-10-24(15)18(25)11-16-14(2)21-17-8-4-5-9-23(16)17/h4-5,8-9,12,15H,6-7,10-11H2,1-3H3/t15-/m1/s1. The number of likely N-dealkylation sites (tertiary alicyclic amines) is 1. The van der Waals surface area contributed by atoms with E-state index in [9.17, 15) is 4.79 Å². The summed E-state index contributed by atoms with van der Waals surface area (Å²) in [5.74, 6) is 1.13. The molecule has 1 saturated heterocycles. The topological polar surface area (TPSA) is 55.4 Å². The molecule has 0 aromatic carbocycles. The van der Waals surface area contributed by atoms with Gasteiger partial charge in [-0.25, -0.2) is 9.97 Å². The molecule has 3 aromatic rings. The lowest BCUT2D eigenvalue weighted by Crippen LogP contribution is -2.33. The maximum atomic E-state index is 13.1. The highest BCUT2D eigenvalue weighted by Crippen LogP contribution is 2.31. The minimum Gasteiger partial charge on any atom is -0.336 e. The molecule has 1 fully saturated rings. The number of carbonyl (C=O) groups excluding carboxylic acids is 1. The lowest BCUT2D eigenvalue weighted by molar-refractivity contribution is -0.131. The van der Waals surface area contributed by atoms with Crippen molar-refractivity contribution >= 4 is 11.6 Å². The van der Waals surface area contributed by atoms with Crippen LogP contribution < -0.4 is 0 Å². The highest BCUT2D eigenvalue weighted by molar-refractivity contribution is 5.79. The first-order valence-corrected chi connectivity index (χ1v) is 8.76. The Kier molecular flexibility index (Phi) is 3.82. The van der Waals surface area contributed by atoms with Crippen molar-refractivity contribution in [2.75, 3.05) is 6.54 Å². The maximum Gasteiger partial charge on any atom is 0.229 e. The van der Waals surface area contributed by atoms with E-state index in [-0.39, 0.29) is 11.9 Å². The van der Waals surface area contributed by atoms with Gasteiger partial charge in [-0.1, -0.05) is 6.07 Å². The molecule has 4 rings (SSSR count). The van der Waals surface area contributed by atoms with Crippen LogP contribution in [0.2, 0.25) is 0 Å². The first-order valence-electron chi connectivity index (χ1n) is 8.76. The van der Waals surface area contributed by atoms with Gasteiger partial charge in [0, 0.05) is 26.0 Å². The van der Waals surface area contributed by atoms with Crippen LogP contribution >= 0.6 is 0 Å². The molecule has 1 aliphatic heterocycles. The van der Waals surface area contributed by atoms with Crippen molar-refractivity contribution in [3.8, 4) is 0 Å². The number of carbonyl (C=O) groups is 1. The summed E-state index contributed by atoms with van der Waals surface area (Å²) in [6.07, 6.45) is 6.36. The van der Waals surface area contributed by atoms with Crippen molar-refractivity contribution < 1.29 is 4.79 Å². The van der Waals surface area contributed by atoms with Gasteiger partial charge >= 0.3 is 0 Å². The molecule has 0 spiro atoms. The number of nitrogens with zero attached hydrogens (tertiary/aromatic N) is 5. The molecular weight excluding hydrogens is 314 g/mol. The summed E-state index contributed by atoms with van der Waals surface area (Å²) in [6.45, 7) is 4.76. The summed E-state index contributed by atoms with van der Waals surface area (Å²) in [4.78, 5) is 24.3. The van der Waals surface area contributed by atoms with Crippen molar-refractivity contribution in [2.24, 2.45) is 7.05 Å². The Balaban J connectivity index is 1.61. The van der Waals surface area contributed by atoms with Gasteiger partial charge in [0.1, 0.15) is 11.5 Å². The van der Waals surface area contributed by atoms with Crippen molar-refractivity contribution in [3.63, 3.8) is 0 Å². The Bertz CT molecular complexity index is 939. The lowest BCUT2D eigenvalue weighted by atomic mass is 10.2. The molecule has 0 bridgehead atoms. The average Bonchev–Trinajstić information content (AvgIpc) is 3.26. The van der Waals surface area contributed by atoms with Gasteiger partial charge in [-0.2, -0.15) is 0 Å². The zero-order valence-electron chi connectivity index (χ0n) is 14.9. The summed E-state index contributed by atoms with van der Waals surface area (Å²) in [5.41, 5.74) is 3.78. The fourth-order valence-corrected chi connectivity index (χ4v) is 3.90. The van der Waals surface area contributed by atoms with Gasteiger partial charge in [0.25, 0.3) is 0 Å². The Morgan fingerprint density at radius 3 is 2.88 bits per heavy atom. The van der Waals surface area contributed by atoms with E-state index in [0.717, 1.165) is 47.9 Å². The molecule has 130 valence electrons. The summed E-state index contributed by atoms with van der Waals surface area (Å²) in [7, 11) is 2.00. The third kappa shape index (κ3) is 2.71. The van der Waals surface area contributed by atoms with Gasteiger partial charge in [-0.3, -0.25) is 4.79 Å². The summed E-state index contributed by atoms with van der Waals surface area (Å²) >= 11 is 0. The van der Waals surface area contributed by atoms with Crippen LogP contribution in [0.5, 0.6) is 0 Å². The minimum absolute atomic E-state index is 0.0747. The van der Waals surface area contributed by atoms with Gasteiger partial charge in [-0.05, 0) is 38.8 Å². The van der Waals surface area contributed by atoms with Crippen LogP contribution in [0.1, 0.15) is 41.8 Å². The number of pyridine rings is 1. The number of amides is 1. The quantitative estimate of drug-likeness (QED) is 0.738. The highest BCUT2D eigenvalue weighted by atomic mass is 16.2. The molecule has 1 atom stereocenters. The van der Waals surface area contributed by atoms with E-state index in [1.807, 2.05) is 65.4 Å². The van der Waals surface area contributed by atoms with Crippen molar-refractivity contribution in [2.45, 2.75) is 39.2 Å². The second kappa shape index (κ2) is 6.02. The number of hydrogen-bond acceptors (Lipinski definition) is 3. The maximum absolute atomic E-state index is 13.1. The van der Waals surface area contributed by atoms with Gasteiger partial charge in [0.05, 0.1) is 29.5 Å². The molecule has 0 aliphatic carbocycles. The van der Waals surface area contributed by atoms with E-state index in [4.69, 9.17) is 0 Å². The third-order valence-electron chi connectivity index (χ3n) is 5.05. The van der Waals surface area contributed by atoms with Gasteiger partial charge in [0.2, 0.25) is 5.91 Å². The smallest absolute Gasteiger partial charge is 0.229 e. The van der Waals surface area contributed by atoms with E-state index in [1.54, 1.807) is 0 Å². The number of aryl methyl sites for hydroxylation is 3. The summed E-state index contributed by atoms with van der Waals surface area (Å²) in [6, 6.07) is 5.98. The van der Waals surface area contributed by atoms with E-state index in [2.05, 4.69) is 9.97 Å². The summed E-state index contributed by atoms with van der Waals surface area (Å²) < 4.78 is 4.06. The SMILES string of the molecule is Cc1cn(C)c([C@H]2CCCN2C(=O)Cc2c(C)nc3ccccn23)n1.